The first-order chi connectivity index (χ1) is 9.26. The zero-order valence-corrected chi connectivity index (χ0v) is 12.8. The molecule has 0 bridgehead atoms. The first-order valence-corrected chi connectivity index (χ1v) is 8.20. The fourth-order valence-corrected chi connectivity index (χ4v) is 3.65. The molecule has 1 aromatic heterocycles. The van der Waals surface area contributed by atoms with Crippen LogP contribution in [-0.4, -0.2) is 37.0 Å². The Morgan fingerprint density at radius 3 is 3.00 bits per heavy atom. The number of carbonyl (C=O) groups excluding carboxylic acids is 1. The van der Waals surface area contributed by atoms with Crippen molar-refractivity contribution in [1.82, 2.24) is 10.2 Å². The van der Waals surface area contributed by atoms with Crippen molar-refractivity contribution >= 4 is 17.2 Å². The van der Waals surface area contributed by atoms with Crippen molar-refractivity contribution in [2.45, 2.75) is 33.1 Å². The third-order valence-electron chi connectivity index (χ3n) is 3.87. The highest BCUT2D eigenvalue weighted by molar-refractivity contribution is 7.12. The van der Waals surface area contributed by atoms with Gasteiger partial charge in [-0.2, -0.15) is 0 Å². The second kappa shape index (κ2) is 7.06. The Bertz CT molecular complexity index is 410. The molecule has 2 rings (SSSR count). The quantitative estimate of drug-likeness (QED) is 0.899. The van der Waals surface area contributed by atoms with Gasteiger partial charge >= 0.3 is 0 Å². The van der Waals surface area contributed by atoms with E-state index in [-0.39, 0.29) is 5.91 Å². The van der Waals surface area contributed by atoms with E-state index in [1.807, 2.05) is 10.3 Å². The smallest absolute Gasteiger partial charge is 0.264 e. The summed E-state index contributed by atoms with van der Waals surface area (Å²) in [5, 5.41) is 5.46. The lowest BCUT2D eigenvalue weighted by molar-refractivity contribution is 0.0733. The number of amides is 1. The highest BCUT2D eigenvalue weighted by Gasteiger charge is 2.22. The lowest BCUT2D eigenvalue weighted by atomic mass is 9.99. The molecular formula is C15H24N2OS. The van der Waals surface area contributed by atoms with Crippen LogP contribution >= 0.6 is 11.3 Å². The monoisotopic (exact) mass is 280 g/mol. The van der Waals surface area contributed by atoms with Gasteiger partial charge in [0.25, 0.3) is 5.91 Å². The Labute approximate surface area is 120 Å². The van der Waals surface area contributed by atoms with Gasteiger partial charge in [0.2, 0.25) is 0 Å². The van der Waals surface area contributed by atoms with Gasteiger partial charge in [0, 0.05) is 13.1 Å². The molecule has 1 atom stereocenters. The van der Waals surface area contributed by atoms with Gasteiger partial charge in [0.15, 0.2) is 0 Å². The van der Waals surface area contributed by atoms with Gasteiger partial charge in [0.05, 0.1) is 4.88 Å². The van der Waals surface area contributed by atoms with E-state index in [0.29, 0.717) is 5.92 Å². The first kappa shape index (κ1) is 14.5. The highest BCUT2D eigenvalue weighted by Crippen LogP contribution is 2.21. The van der Waals surface area contributed by atoms with Gasteiger partial charge < -0.3 is 10.2 Å². The normalized spacial score (nSPS) is 19.4. The Kier molecular flexibility index (Phi) is 5.40. The lowest BCUT2D eigenvalue weighted by Gasteiger charge is -2.29. The lowest BCUT2D eigenvalue weighted by Crippen LogP contribution is -2.41. The van der Waals surface area contributed by atoms with Gasteiger partial charge in [-0.25, -0.2) is 0 Å². The van der Waals surface area contributed by atoms with Crippen LogP contribution in [0.3, 0.4) is 0 Å². The van der Waals surface area contributed by atoms with Gasteiger partial charge in [-0.15, -0.1) is 11.3 Å². The number of carbonyl (C=O) groups is 1. The van der Waals surface area contributed by atoms with Crippen LogP contribution in [0.15, 0.2) is 11.4 Å². The summed E-state index contributed by atoms with van der Waals surface area (Å²) in [5.74, 6) is 0.836. The fraction of sp³-hybridized carbons (Fsp3) is 0.667. The van der Waals surface area contributed by atoms with Crippen LogP contribution < -0.4 is 5.32 Å². The molecule has 106 valence electrons. The Balaban J connectivity index is 2.02. The Morgan fingerprint density at radius 2 is 2.37 bits per heavy atom. The molecule has 1 unspecified atom stereocenters. The molecule has 1 aliphatic heterocycles. The van der Waals surface area contributed by atoms with Crippen LogP contribution in [-0.2, 0) is 6.42 Å². The number of hydrogen-bond acceptors (Lipinski definition) is 3. The number of piperidine rings is 1. The van der Waals surface area contributed by atoms with Crippen molar-refractivity contribution < 1.29 is 4.79 Å². The van der Waals surface area contributed by atoms with Crippen LogP contribution in [0, 0.1) is 5.92 Å². The summed E-state index contributed by atoms with van der Waals surface area (Å²) in [6.07, 6.45) is 3.41. The second-order valence-electron chi connectivity index (χ2n) is 5.18. The van der Waals surface area contributed by atoms with Crippen LogP contribution in [0.4, 0.5) is 0 Å². The molecule has 19 heavy (non-hydrogen) atoms. The molecule has 1 amide bonds. The topological polar surface area (TPSA) is 32.3 Å². The van der Waals surface area contributed by atoms with Crippen molar-refractivity contribution in [3.8, 4) is 0 Å². The number of thiophene rings is 1. The minimum atomic E-state index is 0.222. The maximum absolute atomic E-state index is 12.6. The molecule has 2 heterocycles. The third kappa shape index (κ3) is 3.57. The summed E-state index contributed by atoms with van der Waals surface area (Å²) in [6, 6.07) is 2.08. The van der Waals surface area contributed by atoms with Crippen molar-refractivity contribution in [3.05, 3.63) is 21.9 Å². The molecule has 0 aliphatic carbocycles. The maximum Gasteiger partial charge on any atom is 0.264 e. The standard InChI is InChI=1S/C15H24N2OS/c1-3-13-7-9-19-14(13)15(18)17(4-2)11-12-6-5-8-16-10-12/h7,9,12,16H,3-6,8,10-11H2,1-2H3. The van der Waals surface area contributed by atoms with Crippen LogP contribution in [0.5, 0.6) is 0 Å². The molecule has 1 aromatic rings. The molecular weight excluding hydrogens is 256 g/mol. The molecule has 3 nitrogen and oxygen atoms in total. The van der Waals surface area contributed by atoms with Crippen molar-refractivity contribution in [2.75, 3.05) is 26.2 Å². The molecule has 0 aromatic carbocycles. The van der Waals surface area contributed by atoms with E-state index in [4.69, 9.17) is 0 Å². The summed E-state index contributed by atoms with van der Waals surface area (Å²) in [5.41, 5.74) is 1.19. The predicted molar refractivity (Wildman–Crippen MR) is 80.9 cm³/mol. The van der Waals surface area contributed by atoms with E-state index in [1.165, 1.54) is 18.4 Å². The van der Waals surface area contributed by atoms with E-state index in [0.717, 1.165) is 37.5 Å². The van der Waals surface area contributed by atoms with Crippen molar-refractivity contribution in [2.24, 2.45) is 5.92 Å². The van der Waals surface area contributed by atoms with E-state index < -0.39 is 0 Å². The van der Waals surface area contributed by atoms with Crippen molar-refractivity contribution in [1.29, 1.82) is 0 Å². The highest BCUT2D eigenvalue weighted by atomic mass is 32.1. The summed E-state index contributed by atoms with van der Waals surface area (Å²) in [6.45, 7) is 8.06. The molecule has 1 fully saturated rings. The number of nitrogens with zero attached hydrogens (tertiary/aromatic N) is 1. The second-order valence-corrected chi connectivity index (χ2v) is 6.10. The number of hydrogen-bond donors (Lipinski definition) is 1. The Morgan fingerprint density at radius 1 is 1.53 bits per heavy atom. The van der Waals surface area contributed by atoms with Crippen LogP contribution in [0.25, 0.3) is 0 Å². The molecule has 1 saturated heterocycles. The first-order valence-electron chi connectivity index (χ1n) is 7.32. The molecule has 0 spiro atoms. The average molecular weight is 280 g/mol. The average Bonchev–Trinajstić information content (AvgIpc) is 2.93. The predicted octanol–water partition coefficient (Wildman–Crippen LogP) is 2.77. The summed E-state index contributed by atoms with van der Waals surface area (Å²) in [4.78, 5) is 15.6. The molecule has 1 N–H and O–H groups in total. The SMILES string of the molecule is CCc1ccsc1C(=O)N(CC)CC1CCCNC1. The van der Waals surface area contributed by atoms with E-state index in [2.05, 4.69) is 25.2 Å². The molecule has 4 heteroatoms. The molecule has 0 radical (unpaired) electrons. The van der Waals surface area contributed by atoms with Gasteiger partial charge in [-0.05, 0) is 62.2 Å². The summed E-state index contributed by atoms with van der Waals surface area (Å²) in [7, 11) is 0. The molecule has 0 saturated carbocycles. The fourth-order valence-electron chi connectivity index (χ4n) is 2.69. The third-order valence-corrected chi connectivity index (χ3v) is 4.81. The largest absolute Gasteiger partial charge is 0.338 e. The maximum atomic E-state index is 12.6. The number of nitrogens with one attached hydrogen (secondary N) is 1. The number of aryl methyl sites for hydroxylation is 1. The number of rotatable bonds is 5. The zero-order valence-electron chi connectivity index (χ0n) is 11.9. The van der Waals surface area contributed by atoms with E-state index in [9.17, 15) is 4.79 Å². The molecule has 1 aliphatic rings. The van der Waals surface area contributed by atoms with E-state index >= 15 is 0 Å². The zero-order chi connectivity index (χ0) is 13.7. The van der Waals surface area contributed by atoms with Gasteiger partial charge in [-0.3, -0.25) is 4.79 Å². The van der Waals surface area contributed by atoms with Gasteiger partial charge in [0.1, 0.15) is 0 Å². The van der Waals surface area contributed by atoms with Crippen molar-refractivity contribution in [3.63, 3.8) is 0 Å². The summed E-state index contributed by atoms with van der Waals surface area (Å²) < 4.78 is 0. The minimum Gasteiger partial charge on any atom is -0.338 e. The Hall–Kier alpha value is -0.870. The van der Waals surface area contributed by atoms with Crippen LogP contribution in [0.1, 0.15) is 41.9 Å². The van der Waals surface area contributed by atoms with Crippen LogP contribution in [0.2, 0.25) is 0 Å². The summed E-state index contributed by atoms with van der Waals surface area (Å²) >= 11 is 1.58. The van der Waals surface area contributed by atoms with Gasteiger partial charge in [-0.1, -0.05) is 6.92 Å². The minimum absolute atomic E-state index is 0.222. The van der Waals surface area contributed by atoms with E-state index in [1.54, 1.807) is 11.3 Å².